The average Bonchev–Trinajstić information content (AvgIpc) is 3.34. The van der Waals surface area contributed by atoms with Gasteiger partial charge in [0.2, 0.25) is 0 Å². The molecule has 5 rings (SSSR count). The molecule has 0 N–H and O–H groups in total. The molecule has 2 atom stereocenters. The van der Waals surface area contributed by atoms with Crippen LogP contribution in [-0.4, -0.2) is 64.4 Å². The molecule has 0 saturated carbocycles. The molecule has 0 amide bonds. The maximum atomic E-state index is 6.69. The smallest absolute Gasteiger partial charge is 0.405 e. The molecule has 3 saturated heterocycles. The van der Waals surface area contributed by atoms with Crippen LogP contribution >= 0.6 is 0 Å². The monoisotopic (exact) mass is 496 g/mol. The van der Waals surface area contributed by atoms with Crippen molar-refractivity contribution in [1.82, 2.24) is 9.61 Å². The van der Waals surface area contributed by atoms with E-state index in [4.69, 9.17) is 27.9 Å². The maximum Gasteiger partial charge on any atom is 0.496 e. The fourth-order valence-electron chi connectivity index (χ4n) is 5.30. The largest absolute Gasteiger partial charge is 0.496 e. The number of fused-ring (bicyclic) bond motifs is 1. The molecule has 194 valence electrons. The Morgan fingerprint density at radius 3 is 1.86 bits per heavy atom. The van der Waals surface area contributed by atoms with Crippen LogP contribution in [0.3, 0.4) is 0 Å². The molecule has 8 nitrogen and oxygen atoms in total. The van der Waals surface area contributed by atoms with Crippen molar-refractivity contribution in [2.24, 2.45) is 0 Å². The van der Waals surface area contributed by atoms with Crippen LogP contribution < -0.4 is 5.46 Å². The predicted molar refractivity (Wildman–Crippen MR) is 141 cm³/mol. The van der Waals surface area contributed by atoms with Crippen molar-refractivity contribution in [3.63, 3.8) is 0 Å². The van der Waals surface area contributed by atoms with Crippen molar-refractivity contribution in [3.05, 3.63) is 30.1 Å². The number of aryl methyl sites for hydroxylation is 1. The first-order valence-electron chi connectivity index (χ1n) is 12.9. The normalized spacial score (nSPS) is 32.7. The van der Waals surface area contributed by atoms with E-state index in [0.29, 0.717) is 6.42 Å². The fourth-order valence-corrected chi connectivity index (χ4v) is 5.30. The number of aromatic nitrogens is 2. The van der Waals surface area contributed by atoms with Crippen molar-refractivity contribution in [2.75, 3.05) is 0 Å². The summed E-state index contributed by atoms with van der Waals surface area (Å²) in [6.45, 7) is 22.5. The minimum absolute atomic E-state index is 0.467. The standard InChI is InChI=1S/C25H39B3N2O6/c1-17-14-19-13-12-18(15-30(19)29-17)26-31-22(6,7)24(10,35-26)16-25(11)23(8,9)34-28(36-25)27-32-20(2,3)21(4,5)33-27/h12-15H,16H2,1-11H3. The Bertz CT molecular complexity index is 1170. The van der Waals surface area contributed by atoms with E-state index in [0.717, 1.165) is 16.7 Å². The average molecular weight is 496 g/mol. The molecule has 2 unspecified atom stereocenters. The highest BCUT2D eigenvalue weighted by atomic mass is 16.7. The van der Waals surface area contributed by atoms with Crippen LogP contribution in [0.4, 0.5) is 0 Å². The molecule has 2 aromatic rings. The van der Waals surface area contributed by atoms with Gasteiger partial charge in [0.25, 0.3) is 0 Å². The van der Waals surface area contributed by atoms with E-state index in [1.807, 2.05) is 63.5 Å². The quantitative estimate of drug-likeness (QED) is 0.600. The summed E-state index contributed by atoms with van der Waals surface area (Å²) in [5.74, 6) is 0. The van der Waals surface area contributed by atoms with Crippen LogP contribution in [0.25, 0.3) is 5.52 Å². The van der Waals surface area contributed by atoms with Gasteiger partial charge in [0.05, 0.1) is 44.8 Å². The molecule has 0 bridgehead atoms. The van der Waals surface area contributed by atoms with Gasteiger partial charge in [0.15, 0.2) is 0 Å². The van der Waals surface area contributed by atoms with Crippen LogP contribution in [0.15, 0.2) is 24.4 Å². The van der Waals surface area contributed by atoms with E-state index in [9.17, 15) is 0 Å². The second kappa shape index (κ2) is 7.84. The molecule has 3 aliphatic heterocycles. The first-order valence-corrected chi connectivity index (χ1v) is 12.9. The fraction of sp³-hybridized carbons (Fsp3) is 0.720. The third-order valence-corrected chi connectivity index (χ3v) is 9.15. The Morgan fingerprint density at radius 1 is 0.694 bits per heavy atom. The summed E-state index contributed by atoms with van der Waals surface area (Å²) >= 11 is 0. The van der Waals surface area contributed by atoms with Gasteiger partial charge in [0, 0.05) is 18.1 Å². The van der Waals surface area contributed by atoms with Crippen molar-refractivity contribution in [1.29, 1.82) is 0 Å². The van der Waals surface area contributed by atoms with Crippen molar-refractivity contribution in [2.45, 2.75) is 116 Å². The predicted octanol–water partition coefficient (Wildman–Crippen LogP) is 3.56. The molecular formula is C25H39B3N2O6. The van der Waals surface area contributed by atoms with E-state index in [2.05, 4.69) is 46.6 Å². The highest BCUT2D eigenvalue weighted by Gasteiger charge is 2.67. The summed E-state index contributed by atoms with van der Waals surface area (Å²) in [4.78, 5) is 0. The number of hydrogen-bond acceptors (Lipinski definition) is 7. The summed E-state index contributed by atoms with van der Waals surface area (Å²) in [6.07, 6.45) is 2.53. The third kappa shape index (κ3) is 3.98. The van der Waals surface area contributed by atoms with E-state index in [-0.39, 0.29) is 0 Å². The molecule has 11 heteroatoms. The Labute approximate surface area is 216 Å². The lowest BCUT2D eigenvalue weighted by molar-refractivity contribution is -0.0967. The molecule has 0 radical (unpaired) electrons. The van der Waals surface area contributed by atoms with E-state index in [1.54, 1.807) is 0 Å². The molecule has 0 spiro atoms. The van der Waals surface area contributed by atoms with Crippen molar-refractivity contribution in [3.8, 4) is 0 Å². The van der Waals surface area contributed by atoms with Crippen LogP contribution in [0, 0.1) is 6.92 Å². The summed E-state index contributed by atoms with van der Waals surface area (Å²) < 4.78 is 40.6. The summed E-state index contributed by atoms with van der Waals surface area (Å²) in [6, 6.07) is 6.13. The first-order chi connectivity index (χ1) is 16.4. The summed E-state index contributed by atoms with van der Waals surface area (Å²) in [5.41, 5.74) is -0.555. The topological polar surface area (TPSA) is 72.7 Å². The molecule has 3 aliphatic rings. The third-order valence-electron chi connectivity index (χ3n) is 9.15. The second-order valence-corrected chi connectivity index (χ2v) is 13.1. The highest BCUT2D eigenvalue weighted by molar-refractivity contribution is 7.11. The van der Waals surface area contributed by atoms with Gasteiger partial charge in [-0.25, -0.2) is 4.52 Å². The van der Waals surface area contributed by atoms with Gasteiger partial charge in [-0.2, -0.15) is 5.10 Å². The van der Waals surface area contributed by atoms with Gasteiger partial charge in [0.1, 0.15) is 0 Å². The number of hydrogen-bond donors (Lipinski definition) is 0. The van der Waals surface area contributed by atoms with Crippen LogP contribution in [-0.2, 0) is 27.9 Å². The van der Waals surface area contributed by atoms with Crippen molar-refractivity contribution >= 4 is 32.1 Å². The number of rotatable bonds is 4. The molecule has 36 heavy (non-hydrogen) atoms. The molecule has 3 fully saturated rings. The zero-order chi connectivity index (χ0) is 26.5. The Kier molecular flexibility index (Phi) is 5.72. The van der Waals surface area contributed by atoms with E-state index >= 15 is 0 Å². The van der Waals surface area contributed by atoms with Gasteiger partial charge < -0.3 is 27.9 Å². The Balaban J connectivity index is 1.37. The van der Waals surface area contributed by atoms with Gasteiger partial charge in [-0.3, -0.25) is 0 Å². The molecule has 0 aliphatic carbocycles. The van der Waals surface area contributed by atoms with Gasteiger partial charge >= 0.3 is 21.1 Å². The maximum absolute atomic E-state index is 6.69. The van der Waals surface area contributed by atoms with Crippen LogP contribution in [0.2, 0.25) is 0 Å². The second-order valence-electron chi connectivity index (χ2n) is 13.1. The van der Waals surface area contributed by atoms with Gasteiger partial charge in [-0.15, -0.1) is 0 Å². The number of nitrogens with zero attached hydrogens (tertiary/aromatic N) is 2. The van der Waals surface area contributed by atoms with Gasteiger partial charge in [-0.05, 0) is 88.3 Å². The molecule has 0 aromatic carbocycles. The Morgan fingerprint density at radius 2 is 1.22 bits per heavy atom. The molecule has 2 aromatic heterocycles. The number of pyridine rings is 1. The Hall–Kier alpha value is -1.36. The zero-order valence-corrected chi connectivity index (χ0v) is 23.6. The first kappa shape index (κ1) is 26.3. The molecular weight excluding hydrogens is 457 g/mol. The minimum Gasteiger partial charge on any atom is -0.405 e. The lowest BCUT2D eigenvalue weighted by Gasteiger charge is -2.46. The molecule has 5 heterocycles. The van der Waals surface area contributed by atoms with Gasteiger partial charge in [-0.1, -0.05) is 6.07 Å². The van der Waals surface area contributed by atoms with Crippen LogP contribution in [0.1, 0.15) is 81.4 Å². The van der Waals surface area contributed by atoms with E-state index in [1.165, 1.54) is 0 Å². The SMILES string of the molecule is Cc1cc2ccc(B3OC(C)(C)C(C)(CC4(C)OB(B5OC(C)(C)C(C)(C)O5)OC4(C)C)O3)cn2n1. The highest BCUT2D eigenvalue weighted by Crippen LogP contribution is 2.50. The van der Waals surface area contributed by atoms with Crippen molar-refractivity contribution < 1.29 is 27.9 Å². The van der Waals surface area contributed by atoms with E-state index < -0.39 is 54.7 Å². The lowest BCUT2D eigenvalue weighted by Crippen LogP contribution is -2.55. The summed E-state index contributed by atoms with van der Waals surface area (Å²) in [5, 5.41) is 4.54. The van der Waals surface area contributed by atoms with Crippen LogP contribution in [0.5, 0.6) is 0 Å². The lowest BCUT2D eigenvalue weighted by atomic mass is 9.49. The summed E-state index contributed by atoms with van der Waals surface area (Å²) in [7, 11) is -1.79. The minimum atomic E-state index is -0.686. The zero-order valence-electron chi connectivity index (χ0n) is 23.6.